The Morgan fingerprint density at radius 2 is 2.06 bits per heavy atom. The van der Waals surface area contributed by atoms with Gasteiger partial charge in [-0.1, -0.05) is 30.3 Å². The van der Waals surface area contributed by atoms with E-state index < -0.39 is 11.9 Å². The first kappa shape index (κ1) is 12.8. The molecule has 1 saturated carbocycles. The first-order valence-corrected chi connectivity index (χ1v) is 6.29. The van der Waals surface area contributed by atoms with E-state index in [9.17, 15) is 9.90 Å². The van der Waals surface area contributed by atoms with Crippen molar-refractivity contribution in [2.24, 2.45) is 0 Å². The summed E-state index contributed by atoms with van der Waals surface area (Å²) in [5, 5.41) is 18.6. The average Bonchev–Trinajstić information content (AvgIpc) is 2.75. The Kier molecular flexibility index (Phi) is 3.82. The highest BCUT2D eigenvalue weighted by Crippen LogP contribution is 2.27. The largest absolute Gasteiger partial charge is 0.481 e. The van der Waals surface area contributed by atoms with Crippen LogP contribution in [0.1, 0.15) is 43.2 Å². The molecule has 0 amide bonds. The van der Waals surface area contributed by atoms with Crippen LogP contribution in [0.3, 0.4) is 0 Å². The fourth-order valence-corrected chi connectivity index (χ4v) is 2.26. The van der Waals surface area contributed by atoms with Crippen molar-refractivity contribution in [2.75, 3.05) is 0 Å². The second kappa shape index (κ2) is 5.36. The zero-order valence-corrected chi connectivity index (χ0v) is 10.5. The van der Waals surface area contributed by atoms with Crippen LogP contribution >= 0.6 is 0 Å². The van der Waals surface area contributed by atoms with Crippen molar-refractivity contribution in [3.8, 4) is 0 Å². The van der Waals surface area contributed by atoms with Gasteiger partial charge in [0.1, 0.15) is 0 Å². The Labute approximate surface area is 107 Å². The number of aliphatic hydroxyl groups excluding tert-OH is 1. The number of hydrogen-bond acceptors (Lipinski definition) is 2. The Morgan fingerprint density at radius 3 is 2.56 bits per heavy atom. The summed E-state index contributed by atoms with van der Waals surface area (Å²) in [5.41, 5.74) is 2.90. The Bertz CT molecular complexity index is 459. The third-order valence-corrected chi connectivity index (χ3v) is 3.53. The first-order valence-electron chi connectivity index (χ1n) is 6.29. The van der Waals surface area contributed by atoms with Crippen LogP contribution in [0.4, 0.5) is 0 Å². The normalized spacial score (nSPS) is 23.2. The number of aliphatic carboxylic acids is 1. The zero-order valence-electron chi connectivity index (χ0n) is 10.5. The maximum Gasteiger partial charge on any atom is 0.310 e. The molecule has 1 aliphatic carbocycles. The van der Waals surface area contributed by atoms with Crippen LogP contribution in [-0.2, 0) is 4.79 Å². The molecule has 1 aliphatic rings. The van der Waals surface area contributed by atoms with E-state index in [0.717, 1.165) is 36.0 Å². The van der Waals surface area contributed by atoms with E-state index in [4.69, 9.17) is 5.11 Å². The van der Waals surface area contributed by atoms with Crippen molar-refractivity contribution < 1.29 is 15.0 Å². The summed E-state index contributed by atoms with van der Waals surface area (Å²) < 4.78 is 0. The van der Waals surface area contributed by atoms with Gasteiger partial charge in [-0.15, -0.1) is 0 Å². The van der Waals surface area contributed by atoms with Crippen LogP contribution in [-0.4, -0.2) is 22.3 Å². The molecule has 96 valence electrons. The van der Waals surface area contributed by atoms with Gasteiger partial charge in [0, 0.05) is 0 Å². The molecule has 0 spiro atoms. The van der Waals surface area contributed by atoms with Crippen LogP contribution in [0, 0.1) is 0 Å². The number of carboxylic acid groups (broad SMARTS) is 1. The fourth-order valence-electron chi connectivity index (χ4n) is 2.26. The number of rotatable bonds is 3. The molecule has 0 aromatic heterocycles. The van der Waals surface area contributed by atoms with Crippen molar-refractivity contribution in [1.82, 2.24) is 0 Å². The van der Waals surface area contributed by atoms with E-state index in [0.29, 0.717) is 0 Å². The minimum atomic E-state index is -0.813. The molecule has 2 unspecified atom stereocenters. The third kappa shape index (κ3) is 2.79. The molecule has 0 bridgehead atoms. The number of carbonyl (C=O) groups is 1. The summed E-state index contributed by atoms with van der Waals surface area (Å²) in [6, 6.07) is 7.50. The Balaban J connectivity index is 2.15. The van der Waals surface area contributed by atoms with Crippen LogP contribution in [0.2, 0.25) is 0 Å². The number of aliphatic hydroxyl groups is 1. The Hall–Kier alpha value is -1.61. The molecule has 1 fully saturated rings. The van der Waals surface area contributed by atoms with Crippen molar-refractivity contribution in [3.05, 3.63) is 41.0 Å². The van der Waals surface area contributed by atoms with Gasteiger partial charge in [-0.05, 0) is 42.9 Å². The summed E-state index contributed by atoms with van der Waals surface area (Å²) in [6.45, 7) is 1.68. The van der Waals surface area contributed by atoms with Gasteiger partial charge in [0.05, 0.1) is 12.0 Å². The molecule has 0 radical (unpaired) electrons. The number of benzene rings is 1. The van der Waals surface area contributed by atoms with Gasteiger partial charge in [0.2, 0.25) is 0 Å². The topological polar surface area (TPSA) is 57.5 Å². The number of carboxylic acids is 1. The molecule has 0 heterocycles. The standard InChI is InChI=1S/C15H18O3/c1-10(15(17)18)12-7-5-11(6-8-12)9-13-3-2-4-14(13)16/h5-10,14,16H,2-4H2,1H3,(H,17,18)/b13-9-. The fraction of sp³-hybridized carbons (Fsp3) is 0.400. The van der Waals surface area contributed by atoms with E-state index in [1.54, 1.807) is 6.92 Å². The molecular weight excluding hydrogens is 228 g/mol. The lowest BCUT2D eigenvalue weighted by Gasteiger charge is -2.07. The van der Waals surface area contributed by atoms with Crippen molar-refractivity contribution >= 4 is 12.0 Å². The van der Waals surface area contributed by atoms with Gasteiger partial charge in [0.25, 0.3) is 0 Å². The van der Waals surface area contributed by atoms with Gasteiger partial charge in [-0.3, -0.25) is 4.79 Å². The monoisotopic (exact) mass is 246 g/mol. The van der Waals surface area contributed by atoms with E-state index in [2.05, 4.69) is 0 Å². The van der Waals surface area contributed by atoms with E-state index in [-0.39, 0.29) is 6.10 Å². The minimum absolute atomic E-state index is 0.303. The van der Waals surface area contributed by atoms with E-state index in [1.807, 2.05) is 30.3 Å². The van der Waals surface area contributed by atoms with Gasteiger partial charge < -0.3 is 10.2 Å². The predicted molar refractivity (Wildman–Crippen MR) is 70.3 cm³/mol. The van der Waals surface area contributed by atoms with Crippen LogP contribution in [0.15, 0.2) is 29.8 Å². The Morgan fingerprint density at radius 1 is 1.39 bits per heavy atom. The lowest BCUT2D eigenvalue weighted by Crippen LogP contribution is -2.07. The van der Waals surface area contributed by atoms with Gasteiger partial charge in [0.15, 0.2) is 0 Å². The molecule has 2 rings (SSSR count). The van der Waals surface area contributed by atoms with Gasteiger partial charge in [-0.25, -0.2) is 0 Å². The second-order valence-electron chi connectivity index (χ2n) is 4.85. The minimum Gasteiger partial charge on any atom is -0.481 e. The van der Waals surface area contributed by atoms with Gasteiger partial charge >= 0.3 is 5.97 Å². The van der Waals surface area contributed by atoms with Crippen molar-refractivity contribution in [1.29, 1.82) is 0 Å². The maximum absolute atomic E-state index is 10.9. The molecule has 0 aliphatic heterocycles. The van der Waals surface area contributed by atoms with Crippen LogP contribution < -0.4 is 0 Å². The summed E-state index contributed by atoms with van der Waals surface area (Å²) in [7, 11) is 0. The van der Waals surface area contributed by atoms with Crippen LogP contribution in [0.25, 0.3) is 6.08 Å². The van der Waals surface area contributed by atoms with Crippen molar-refractivity contribution in [2.45, 2.75) is 38.2 Å². The SMILES string of the molecule is CC(C(=O)O)c1ccc(/C=C2/CCCC2O)cc1. The molecule has 3 nitrogen and oxygen atoms in total. The maximum atomic E-state index is 10.9. The summed E-state index contributed by atoms with van der Waals surface area (Å²) in [5.74, 6) is -1.30. The molecule has 2 atom stereocenters. The summed E-state index contributed by atoms with van der Waals surface area (Å²) >= 11 is 0. The van der Waals surface area contributed by atoms with Crippen molar-refractivity contribution in [3.63, 3.8) is 0 Å². The highest BCUT2D eigenvalue weighted by molar-refractivity contribution is 5.75. The number of hydrogen-bond donors (Lipinski definition) is 2. The highest BCUT2D eigenvalue weighted by atomic mass is 16.4. The molecular formula is C15H18O3. The lowest BCUT2D eigenvalue weighted by molar-refractivity contribution is -0.138. The van der Waals surface area contributed by atoms with Gasteiger partial charge in [-0.2, -0.15) is 0 Å². The molecule has 2 N–H and O–H groups in total. The van der Waals surface area contributed by atoms with E-state index >= 15 is 0 Å². The van der Waals surface area contributed by atoms with E-state index in [1.165, 1.54) is 0 Å². The zero-order chi connectivity index (χ0) is 13.1. The molecule has 18 heavy (non-hydrogen) atoms. The summed E-state index contributed by atoms with van der Waals surface area (Å²) in [4.78, 5) is 10.9. The molecule has 1 aromatic rings. The quantitative estimate of drug-likeness (QED) is 0.862. The molecule has 1 aromatic carbocycles. The average molecular weight is 246 g/mol. The first-order chi connectivity index (χ1) is 8.58. The lowest BCUT2D eigenvalue weighted by atomic mass is 9.99. The highest BCUT2D eigenvalue weighted by Gasteiger charge is 2.17. The second-order valence-corrected chi connectivity index (χ2v) is 4.85. The molecule has 0 saturated heterocycles. The molecule has 3 heteroatoms. The van der Waals surface area contributed by atoms with Crippen LogP contribution in [0.5, 0.6) is 0 Å². The smallest absolute Gasteiger partial charge is 0.310 e. The third-order valence-electron chi connectivity index (χ3n) is 3.53. The predicted octanol–water partition coefficient (Wildman–Crippen LogP) is 2.80. The summed E-state index contributed by atoms with van der Waals surface area (Å²) in [6.07, 6.45) is 4.55.